The van der Waals surface area contributed by atoms with E-state index in [1.165, 1.54) is 10.9 Å². The molecule has 0 aliphatic carbocycles. The van der Waals surface area contributed by atoms with Crippen LogP contribution in [0.5, 0.6) is 5.75 Å². The fraction of sp³-hybridized carbons (Fsp3) is 0.214. The molecule has 1 aromatic carbocycles. The standard InChI is InChI=1S/C14H17N5O2S/c1-2-8-15-14(22)17-16-13(21)12-11(20)9-19(18-12)10-6-4-3-5-7-10/h3-7,9,20H,2,8H2,1H3,(H,16,21)(H2,15,17,22). The first-order valence-electron chi connectivity index (χ1n) is 6.80. The highest BCUT2D eigenvalue weighted by molar-refractivity contribution is 7.80. The molecule has 0 aliphatic heterocycles. The molecule has 1 aromatic heterocycles. The summed E-state index contributed by atoms with van der Waals surface area (Å²) in [6, 6.07) is 9.18. The summed E-state index contributed by atoms with van der Waals surface area (Å²) in [7, 11) is 0. The van der Waals surface area contributed by atoms with Gasteiger partial charge in [-0.3, -0.25) is 15.6 Å². The second kappa shape index (κ2) is 7.41. The fourth-order valence-electron chi connectivity index (χ4n) is 1.69. The molecular formula is C14H17N5O2S. The van der Waals surface area contributed by atoms with Gasteiger partial charge in [-0.15, -0.1) is 0 Å². The van der Waals surface area contributed by atoms with Gasteiger partial charge in [0.1, 0.15) is 0 Å². The van der Waals surface area contributed by atoms with Crippen molar-refractivity contribution in [3.63, 3.8) is 0 Å². The Hall–Kier alpha value is -2.61. The Morgan fingerprint density at radius 2 is 2.05 bits per heavy atom. The van der Waals surface area contributed by atoms with Crippen molar-refractivity contribution in [3.05, 3.63) is 42.2 Å². The molecule has 0 unspecified atom stereocenters. The topological polar surface area (TPSA) is 91.2 Å². The van der Waals surface area contributed by atoms with Crippen molar-refractivity contribution in [1.82, 2.24) is 25.9 Å². The molecule has 0 atom stereocenters. The molecule has 4 N–H and O–H groups in total. The Balaban J connectivity index is 2.02. The van der Waals surface area contributed by atoms with Crippen molar-refractivity contribution in [1.29, 1.82) is 0 Å². The molecule has 0 bridgehead atoms. The number of carbonyl (C=O) groups is 1. The second-order valence-electron chi connectivity index (χ2n) is 4.48. The van der Waals surface area contributed by atoms with Crippen LogP contribution in [0.1, 0.15) is 23.8 Å². The smallest absolute Gasteiger partial charge is 0.294 e. The van der Waals surface area contributed by atoms with Crippen molar-refractivity contribution in [3.8, 4) is 11.4 Å². The van der Waals surface area contributed by atoms with E-state index in [1.807, 2.05) is 37.3 Å². The molecule has 1 heterocycles. The van der Waals surface area contributed by atoms with Gasteiger partial charge < -0.3 is 10.4 Å². The van der Waals surface area contributed by atoms with Crippen LogP contribution in [0.4, 0.5) is 0 Å². The second-order valence-corrected chi connectivity index (χ2v) is 4.89. The van der Waals surface area contributed by atoms with Gasteiger partial charge in [0.25, 0.3) is 5.91 Å². The summed E-state index contributed by atoms with van der Waals surface area (Å²) < 4.78 is 1.43. The number of hydrogen-bond acceptors (Lipinski definition) is 4. The number of carbonyl (C=O) groups excluding carboxylic acids is 1. The monoisotopic (exact) mass is 319 g/mol. The Morgan fingerprint density at radius 3 is 2.73 bits per heavy atom. The van der Waals surface area contributed by atoms with Crippen molar-refractivity contribution < 1.29 is 9.90 Å². The molecule has 0 aliphatic rings. The quantitative estimate of drug-likeness (QED) is 0.498. The number of aromatic nitrogens is 2. The third-order valence-corrected chi connectivity index (χ3v) is 3.00. The van der Waals surface area contributed by atoms with Crippen LogP contribution in [0.25, 0.3) is 5.69 Å². The van der Waals surface area contributed by atoms with Gasteiger partial charge in [-0.25, -0.2) is 4.68 Å². The minimum absolute atomic E-state index is 0.0883. The molecule has 2 rings (SSSR count). The maximum atomic E-state index is 12.0. The van der Waals surface area contributed by atoms with E-state index < -0.39 is 5.91 Å². The summed E-state index contributed by atoms with van der Waals surface area (Å²) in [5.74, 6) is -0.789. The molecular weight excluding hydrogens is 302 g/mol. The van der Waals surface area contributed by atoms with Crippen LogP contribution in [0.2, 0.25) is 0 Å². The lowest BCUT2D eigenvalue weighted by Crippen LogP contribution is -2.47. The summed E-state index contributed by atoms with van der Waals surface area (Å²) in [6.07, 6.45) is 2.29. The van der Waals surface area contributed by atoms with E-state index in [1.54, 1.807) is 0 Å². The Labute approximate surface area is 133 Å². The van der Waals surface area contributed by atoms with E-state index in [-0.39, 0.29) is 11.4 Å². The largest absolute Gasteiger partial charge is 0.504 e. The molecule has 8 heteroatoms. The van der Waals surface area contributed by atoms with Crippen molar-refractivity contribution in [2.75, 3.05) is 6.54 Å². The van der Waals surface area contributed by atoms with Crippen molar-refractivity contribution in [2.45, 2.75) is 13.3 Å². The van der Waals surface area contributed by atoms with Crippen molar-refractivity contribution in [2.24, 2.45) is 0 Å². The van der Waals surface area contributed by atoms with Crippen molar-refractivity contribution >= 4 is 23.2 Å². The molecule has 0 saturated heterocycles. The SMILES string of the molecule is CCCNC(=S)NNC(=O)c1nn(-c2ccccc2)cc1O. The van der Waals surface area contributed by atoms with Gasteiger partial charge in [0.15, 0.2) is 16.6 Å². The van der Waals surface area contributed by atoms with E-state index >= 15 is 0 Å². The summed E-state index contributed by atoms with van der Waals surface area (Å²) in [4.78, 5) is 12.0. The predicted octanol–water partition coefficient (Wildman–Crippen LogP) is 1.10. The van der Waals surface area contributed by atoms with E-state index in [0.29, 0.717) is 11.7 Å². The molecule has 0 spiro atoms. The number of nitrogens with zero attached hydrogens (tertiary/aromatic N) is 2. The maximum absolute atomic E-state index is 12.0. The van der Waals surface area contributed by atoms with Crippen LogP contribution in [-0.4, -0.2) is 32.5 Å². The van der Waals surface area contributed by atoms with Gasteiger partial charge in [0.05, 0.1) is 11.9 Å². The molecule has 22 heavy (non-hydrogen) atoms. The summed E-state index contributed by atoms with van der Waals surface area (Å²) in [6.45, 7) is 2.71. The van der Waals surface area contributed by atoms with Gasteiger partial charge in [0, 0.05) is 6.54 Å². The van der Waals surface area contributed by atoms with Crippen LogP contribution in [-0.2, 0) is 0 Å². The predicted molar refractivity (Wildman–Crippen MR) is 86.7 cm³/mol. The highest BCUT2D eigenvalue weighted by Gasteiger charge is 2.17. The van der Waals surface area contributed by atoms with Gasteiger partial charge in [-0.05, 0) is 30.8 Å². The molecule has 0 fully saturated rings. The van der Waals surface area contributed by atoms with Crippen LogP contribution in [0.3, 0.4) is 0 Å². The third-order valence-electron chi connectivity index (χ3n) is 2.76. The molecule has 0 radical (unpaired) electrons. The minimum atomic E-state index is -0.576. The first kappa shape index (κ1) is 15.8. The van der Waals surface area contributed by atoms with E-state index in [0.717, 1.165) is 12.1 Å². The summed E-state index contributed by atoms with van der Waals surface area (Å²) in [5.41, 5.74) is 5.59. The number of para-hydroxylation sites is 1. The highest BCUT2D eigenvalue weighted by Crippen LogP contribution is 2.17. The van der Waals surface area contributed by atoms with Crippen LogP contribution in [0.15, 0.2) is 36.5 Å². The number of hydrazine groups is 1. The number of amides is 1. The van der Waals surface area contributed by atoms with Crippen LogP contribution in [0, 0.1) is 0 Å². The summed E-state index contributed by atoms with van der Waals surface area (Å²) in [5, 5.41) is 17.1. The Morgan fingerprint density at radius 1 is 1.32 bits per heavy atom. The van der Waals surface area contributed by atoms with E-state index in [2.05, 4.69) is 21.3 Å². The number of benzene rings is 1. The van der Waals surface area contributed by atoms with Gasteiger partial charge in [0.2, 0.25) is 0 Å². The molecule has 116 valence electrons. The number of thiocarbonyl (C=S) groups is 1. The van der Waals surface area contributed by atoms with Gasteiger partial charge in [-0.1, -0.05) is 25.1 Å². The zero-order valence-electron chi connectivity index (χ0n) is 12.0. The zero-order chi connectivity index (χ0) is 15.9. The summed E-state index contributed by atoms with van der Waals surface area (Å²) >= 11 is 4.98. The van der Waals surface area contributed by atoms with Crippen LogP contribution < -0.4 is 16.2 Å². The van der Waals surface area contributed by atoms with E-state index in [9.17, 15) is 9.90 Å². The lowest BCUT2D eigenvalue weighted by atomic mass is 10.3. The van der Waals surface area contributed by atoms with Gasteiger partial charge >= 0.3 is 0 Å². The zero-order valence-corrected chi connectivity index (χ0v) is 12.9. The first-order valence-corrected chi connectivity index (χ1v) is 7.21. The fourth-order valence-corrected chi connectivity index (χ4v) is 1.85. The van der Waals surface area contributed by atoms with Crippen LogP contribution >= 0.6 is 12.2 Å². The van der Waals surface area contributed by atoms with E-state index in [4.69, 9.17) is 12.2 Å². The highest BCUT2D eigenvalue weighted by atomic mass is 32.1. The number of aromatic hydroxyl groups is 1. The average Bonchev–Trinajstić information content (AvgIpc) is 2.93. The molecule has 7 nitrogen and oxygen atoms in total. The molecule has 0 saturated carbocycles. The third kappa shape index (κ3) is 3.95. The number of nitrogens with one attached hydrogen (secondary N) is 3. The Kier molecular flexibility index (Phi) is 5.31. The molecule has 2 aromatic rings. The average molecular weight is 319 g/mol. The maximum Gasteiger partial charge on any atom is 0.294 e. The minimum Gasteiger partial charge on any atom is -0.504 e. The number of hydrogen-bond donors (Lipinski definition) is 4. The number of rotatable bonds is 4. The first-order chi connectivity index (χ1) is 10.6. The Bertz CT molecular complexity index is 657. The molecule has 1 amide bonds. The normalized spacial score (nSPS) is 10.0. The van der Waals surface area contributed by atoms with Gasteiger partial charge in [-0.2, -0.15) is 5.10 Å². The lowest BCUT2D eigenvalue weighted by Gasteiger charge is -2.09. The lowest BCUT2D eigenvalue weighted by molar-refractivity contribution is 0.0935.